The van der Waals surface area contributed by atoms with E-state index in [0.29, 0.717) is 20.9 Å². The molecule has 0 aliphatic carbocycles. The monoisotopic (exact) mass is 356 g/mol. The van der Waals surface area contributed by atoms with Gasteiger partial charge in [0, 0.05) is 23.4 Å². The lowest BCUT2D eigenvalue weighted by Crippen LogP contribution is -2.15. The Morgan fingerprint density at radius 1 is 1.35 bits per heavy atom. The summed E-state index contributed by atoms with van der Waals surface area (Å²) in [5, 5.41) is 12.1. The van der Waals surface area contributed by atoms with Gasteiger partial charge < -0.3 is 15.0 Å². The lowest BCUT2D eigenvalue weighted by Gasteiger charge is -2.07. The number of aryl methyl sites for hydroxylation is 1. The molecule has 1 amide bonds. The summed E-state index contributed by atoms with van der Waals surface area (Å²) in [5.74, 6) is -1.44. The molecule has 0 aliphatic rings. The number of carboxylic acid groups (broad SMARTS) is 1. The number of carbonyl (C=O) groups is 2. The van der Waals surface area contributed by atoms with E-state index < -0.39 is 5.97 Å². The summed E-state index contributed by atoms with van der Waals surface area (Å²) < 4.78 is 2.04. The van der Waals surface area contributed by atoms with Gasteiger partial charge in [0.15, 0.2) is 0 Å². The van der Waals surface area contributed by atoms with Crippen LogP contribution in [0, 0.1) is 0 Å². The fourth-order valence-corrected chi connectivity index (χ4v) is 2.38. The quantitative estimate of drug-likeness (QED) is 0.884. The molecule has 0 aliphatic heterocycles. The fourth-order valence-electron chi connectivity index (χ4n) is 1.71. The first-order chi connectivity index (χ1) is 9.38. The van der Waals surface area contributed by atoms with Crippen LogP contribution < -0.4 is 5.32 Å². The predicted octanol–water partition coefficient (Wildman–Crippen LogP) is 3.39. The van der Waals surface area contributed by atoms with Crippen LogP contribution in [0.15, 0.2) is 34.9 Å². The van der Waals surface area contributed by atoms with E-state index in [1.165, 1.54) is 12.1 Å². The van der Waals surface area contributed by atoms with E-state index in [0.717, 1.165) is 0 Å². The van der Waals surface area contributed by atoms with Crippen LogP contribution in [-0.2, 0) is 7.05 Å². The highest BCUT2D eigenvalue weighted by Crippen LogP contribution is 2.22. The minimum atomic E-state index is -1.07. The molecule has 0 fully saturated rings. The number of aromatic carboxylic acids is 1. The molecular weight excluding hydrogens is 348 g/mol. The SMILES string of the molecule is Cn1cc(Cl)cc1C(=O)Nc1ccc(Br)c(C(=O)O)c1. The molecule has 0 unspecified atom stereocenters. The number of halogens is 2. The van der Waals surface area contributed by atoms with Crippen LogP contribution in [0.25, 0.3) is 0 Å². The number of hydrogen-bond acceptors (Lipinski definition) is 2. The largest absolute Gasteiger partial charge is 0.478 e. The minimum absolute atomic E-state index is 0.0766. The number of amides is 1. The molecule has 0 radical (unpaired) electrons. The zero-order valence-corrected chi connectivity index (χ0v) is 12.7. The number of nitrogens with one attached hydrogen (secondary N) is 1. The number of nitrogens with zero attached hydrogens (tertiary/aromatic N) is 1. The predicted molar refractivity (Wildman–Crippen MR) is 79.5 cm³/mol. The summed E-state index contributed by atoms with van der Waals surface area (Å²) in [7, 11) is 1.70. The fraction of sp³-hybridized carbons (Fsp3) is 0.0769. The Hall–Kier alpha value is -1.79. The Balaban J connectivity index is 2.26. The van der Waals surface area contributed by atoms with Crippen LogP contribution in [0.4, 0.5) is 5.69 Å². The Labute approximate surface area is 128 Å². The average Bonchev–Trinajstić information content (AvgIpc) is 2.70. The van der Waals surface area contributed by atoms with E-state index in [1.807, 2.05) is 0 Å². The van der Waals surface area contributed by atoms with Gasteiger partial charge in [0.25, 0.3) is 5.91 Å². The third-order valence-electron chi connectivity index (χ3n) is 2.66. The third-order valence-corrected chi connectivity index (χ3v) is 3.56. The van der Waals surface area contributed by atoms with Crippen molar-refractivity contribution in [3.05, 3.63) is 51.2 Å². The number of carboxylic acids is 1. The second-order valence-corrected chi connectivity index (χ2v) is 5.40. The van der Waals surface area contributed by atoms with E-state index in [9.17, 15) is 9.59 Å². The van der Waals surface area contributed by atoms with Gasteiger partial charge in [-0.2, -0.15) is 0 Å². The van der Waals surface area contributed by atoms with Gasteiger partial charge in [0.05, 0.1) is 10.6 Å². The topological polar surface area (TPSA) is 71.3 Å². The molecule has 2 N–H and O–H groups in total. The number of rotatable bonds is 3. The number of carbonyl (C=O) groups excluding carboxylic acids is 1. The molecule has 2 rings (SSSR count). The Morgan fingerprint density at radius 2 is 2.05 bits per heavy atom. The van der Waals surface area contributed by atoms with Crippen molar-refractivity contribution in [1.82, 2.24) is 4.57 Å². The van der Waals surface area contributed by atoms with Gasteiger partial charge in [-0.1, -0.05) is 11.6 Å². The first kappa shape index (κ1) is 14.6. The summed E-state index contributed by atoms with van der Waals surface area (Å²) in [6.07, 6.45) is 1.61. The van der Waals surface area contributed by atoms with Gasteiger partial charge >= 0.3 is 5.97 Å². The second-order valence-electron chi connectivity index (χ2n) is 4.11. The van der Waals surface area contributed by atoms with E-state index in [1.54, 1.807) is 29.9 Å². The summed E-state index contributed by atoms with van der Waals surface area (Å²) in [6, 6.07) is 6.10. The van der Waals surface area contributed by atoms with Crippen LogP contribution in [0.2, 0.25) is 5.02 Å². The van der Waals surface area contributed by atoms with Crippen molar-refractivity contribution in [2.75, 3.05) is 5.32 Å². The minimum Gasteiger partial charge on any atom is -0.478 e. The lowest BCUT2D eigenvalue weighted by atomic mass is 10.2. The van der Waals surface area contributed by atoms with Crippen LogP contribution in [0.3, 0.4) is 0 Å². The van der Waals surface area contributed by atoms with Crippen molar-refractivity contribution >= 4 is 45.1 Å². The van der Waals surface area contributed by atoms with Crippen molar-refractivity contribution in [3.8, 4) is 0 Å². The highest BCUT2D eigenvalue weighted by molar-refractivity contribution is 9.10. The maximum atomic E-state index is 12.1. The molecule has 1 aromatic carbocycles. The molecule has 0 atom stereocenters. The van der Waals surface area contributed by atoms with Gasteiger partial charge in [-0.05, 0) is 40.2 Å². The van der Waals surface area contributed by atoms with Gasteiger partial charge in [0.1, 0.15) is 5.69 Å². The molecule has 0 saturated heterocycles. The average molecular weight is 358 g/mol. The molecule has 0 spiro atoms. The maximum Gasteiger partial charge on any atom is 0.336 e. The third kappa shape index (κ3) is 3.02. The molecule has 0 saturated carbocycles. The van der Waals surface area contributed by atoms with Gasteiger partial charge in [-0.15, -0.1) is 0 Å². The molecule has 1 heterocycles. The number of aromatic nitrogens is 1. The molecule has 5 nitrogen and oxygen atoms in total. The molecule has 20 heavy (non-hydrogen) atoms. The molecule has 2 aromatic rings. The standard InChI is InChI=1S/C13H10BrClN2O3/c1-17-6-7(15)4-11(17)12(18)16-8-2-3-10(14)9(5-8)13(19)20/h2-6H,1H3,(H,16,18)(H,19,20). The zero-order chi connectivity index (χ0) is 14.9. The molecular formula is C13H10BrClN2O3. The van der Waals surface area contributed by atoms with E-state index >= 15 is 0 Å². The van der Waals surface area contributed by atoms with Crippen molar-refractivity contribution in [1.29, 1.82) is 0 Å². The molecule has 104 valence electrons. The number of hydrogen-bond donors (Lipinski definition) is 2. The van der Waals surface area contributed by atoms with E-state index in [2.05, 4.69) is 21.2 Å². The maximum absolute atomic E-state index is 12.1. The van der Waals surface area contributed by atoms with E-state index in [4.69, 9.17) is 16.7 Å². The summed E-state index contributed by atoms with van der Waals surface area (Å²) >= 11 is 8.96. The van der Waals surface area contributed by atoms with Crippen LogP contribution in [-0.4, -0.2) is 21.6 Å². The molecule has 7 heteroatoms. The highest BCUT2D eigenvalue weighted by Gasteiger charge is 2.14. The van der Waals surface area contributed by atoms with Crippen LogP contribution in [0.5, 0.6) is 0 Å². The summed E-state index contributed by atoms with van der Waals surface area (Å²) in [6.45, 7) is 0. The van der Waals surface area contributed by atoms with Crippen LogP contribution in [0.1, 0.15) is 20.8 Å². The zero-order valence-electron chi connectivity index (χ0n) is 10.4. The summed E-state index contributed by atoms with van der Waals surface area (Å²) in [4.78, 5) is 23.1. The second kappa shape index (κ2) is 5.68. The number of anilines is 1. The van der Waals surface area contributed by atoms with Gasteiger partial charge in [-0.3, -0.25) is 4.79 Å². The lowest BCUT2D eigenvalue weighted by molar-refractivity contribution is 0.0695. The van der Waals surface area contributed by atoms with Crippen LogP contribution >= 0.6 is 27.5 Å². The summed E-state index contributed by atoms with van der Waals surface area (Å²) in [5.41, 5.74) is 0.857. The first-order valence-corrected chi connectivity index (χ1v) is 6.71. The number of benzene rings is 1. The normalized spacial score (nSPS) is 10.3. The Bertz CT molecular complexity index is 697. The Morgan fingerprint density at radius 3 is 2.60 bits per heavy atom. The van der Waals surface area contributed by atoms with Gasteiger partial charge in [-0.25, -0.2) is 4.79 Å². The molecule has 1 aromatic heterocycles. The van der Waals surface area contributed by atoms with Crippen molar-refractivity contribution < 1.29 is 14.7 Å². The smallest absolute Gasteiger partial charge is 0.336 e. The van der Waals surface area contributed by atoms with Crippen molar-refractivity contribution in [3.63, 3.8) is 0 Å². The van der Waals surface area contributed by atoms with Gasteiger partial charge in [0.2, 0.25) is 0 Å². The van der Waals surface area contributed by atoms with Crippen molar-refractivity contribution in [2.45, 2.75) is 0 Å². The highest BCUT2D eigenvalue weighted by atomic mass is 79.9. The molecule has 0 bridgehead atoms. The first-order valence-electron chi connectivity index (χ1n) is 5.54. The van der Waals surface area contributed by atoms with Crippen molar-refractivity contribution in [2.24, 2.45) is 7.05 Å². The Kier molecular flexibility index (Phi) is 4.15. The van der Waals surface area contributed by atoms with E-state index in [-0.39, 0.29) is 11.5 Å².